The first kappa shape index (κ1) is 13.8. The molecule has 1 amide bonds. The zero-order chi connectivity index (χ0) is 13.6. The summed E-state index contributed by atoms with van der Waals surface area (Å²) in [6, 6.07) is 8.21. The average Bonchev–Trinajstić information content (AvgIpc) is 2.33. The van der Waals surface area contributed by atoms with Gasteiger partial charge in [-0.2, -0.15) is 18.4 Å². The Balaban J connectivity index is 2.55. The zero-order valence-electron chi connectivity index (χ0n) is 9.24. The summed E-state index contributed by atoms with van der Waals surface area (Å²) in [6.07, 6.45) is -2.72. The van der Waals surface area contributed by atoms with E-state index < -0.39 is 25.2 Å². The van der Waals surface area contributed by atoms with Gasteiger partial charge in [0.15, 0.2) is 6.19 Å². The SMILES string of the molecule is N#CN(CC(=O)NCC(F)(F)F)c1ccccc1. The number of hydrogen-bond acceptors (Lipinski definition) is 3. The van der Waals surface area contributed by atoms with E-state index in [1.165, 1.54) is 0 Å². The Morgan fingerprint density at radius 2 is 1.94 bits per heavy atom. The molecule has 1 aromatic carbocycles. The molecule has 0 heterocycles. The molecular formula is C11H10F3N3O. The van der Waals surface area contributed by atoms with E-state index >= 15 is 0 Å². The number of carbonyl (C=O) groups is 1. The van der Waals surface area contributed by atoms with Gasteiger partial charge in [-0.1, -0.05) is 18.2 Å². The van der Waals surface area contributed by atoms with E-state index in [4.69, 9.17) is 5.26 Å². The Kier molecular flexibility index (Phi) is 4.54. The first-order chi connectivity index (χ1) is 8.42. The summed E-state index contributed by atoms with van der Waals surface area (Å²) in [5.74, 6) is -0.863. The molecule has 4 nitrogen and oxygen atoms in total. The minimum atomic E-state index is -4.46. The molecule has 0 bridgehead atoms. The van der Waals surface area contributed by atoms with Crippen LogP contribution in [0.25, 0.3) is 0 Å². The fourth-order valence-corrected chi connectivity index (χ4v) is 1.19. The fraction of sp³-hybridized carbons (Fsp3) is 0.273. The van der Waals surface area contributed by atoms with Gasteiger partial charge in [0.2, 0.25) is 5.91 Å². The molecule has 1 aromatic rings. The van der Waals surface area contributed by atoms with Crippen molar-refractivity contribution in [2.24, 2.45) is 0 Å². The first-order valence-corrected chi connectivity index (χ1v) is 4.98. The van der Waals surface area contributed by atoms with E-state index in [9.17, 15) is 18.0 Å². The van der Waals surface area contributed by atoms with Crippen molar-refractivity contribution in [3.05, 3.63) is 30.3 Å². The first-order valence-electron chi connectivity index (χ1n) is 4.98. The molecule has 0 aliphatic heterocycles. The van der Waals surface area contributed by atoms with Crippen LogP contribution in [0, 0.1) is 11.5 Å². The quantitative estimate of drug-likeness (QED) is 0.659. The second-order valence-electron chi connectivity index (χ2n) is 3.41. The molecule has 0 spiro atoms. The number of para-hydroxylation sites is 1. The molecule has 0 saturated heterocycles. The zero-order valence-corrected chi connectivity index (χ0v) is 9.24. The molecular weight excluding hydrogens is 247 g/mol. The van der Waals surface area contributed by atoms with Crippen LogP contribution < -0.4 is 10.2 Å². The van der Waals surface area contributed by atoms with E-state index in [1.807, 2.05) is 0 Å². The molecule has 1 rings (SSSR count). The highest BCUT2D eigenvalue weighted by Gasteiger charge is 2.27. The van der Waals surface area contributed by atoms with Crippen molar-refractivity contribution >= 4 is 11.6 Å². The predicted octanol–water partition coefficient (Wildman–Crippen LogP) is 1.65. The third kappa shape index (κ3) is 4.74. The monoisotopic (exact) mass is 257 g/mol. The molecule has 96 valence electrons. The maximum atomic E-state index is 11.9. The number of anilines is 1. The van der Waals surface area contributed by atoms with Gasteiger partial charge in [-0.05, 0) is 12.1 Å². The summed E-state index contributed by atoms with van der Waals surface area (Å²) < 4.78 is 35.6. The van der Waals surface area contributed by atoms with Gasteiger partial charge in [0.05, 0.1) is 5.69 Å². The van der Waals surface area contributed by atoms with Crippen molar-refractivity contribution in [2.45, 2.75) is 6.18 Å². The third-order valence-electron chi connectivity index (χ3n) is 1.98. The second-order valence-corrected chi connectivity index (χ2v) is 3.41. The summed E-state index contributed by atoms with van der Waals surface area (Å²) in [7, 11) is 0. The highest BCUT2D eigenvalue weighted by molar-refractivity contribution is 5.82. The number of amides is 1. The molecule has 0 unspecified atom stereocenters. The van der Waals surface area contributed by atoms with Gasteiger partial charge in [-0.25, -0.2) is 0 Å². The molecule has 0 saturated carbocycles. The van der Waals surface area contributed by atoms with Crippen LogP contribution in [0.1, 0.15) is 0 Å². The Morgan fingerprint density at radius 1 is 1.33 bits per heavy atom. The van der Waals surface area contributed by atoms with Crippen LogP contribution >= 0.6 is 0 Å². The van der Waals surface area contributed by atoms with E-state index in [0.29, 0.717) is 5.69 Å². The molecule has 7 heteroatoms. The molecule has 0 aliphatic carbocycles. The van der Waals surface area contributed by atoms with Crippen LogP contribution in [0.15, 0.2) is 30.3 Å². The molecule has 0 radical (unpaired) electrons. The van der Waals surface area contributed by atoms with Crippen LogP contribution in [-0.4, -0.2) is 25.2 Å². The smallest absolute Gasteiger partial charge is 0.345 e. The standard InChI is InChI=1S/C11H10F3N3O/c12-11(13,14)7-16-10(18)6-17(8-15)9-4-2-1-3-5-9/h1-5H,6-7H2,(H,16,18). The van der Waals surface area contributed by atoms with Crippen LogP contribution in [0.4, 0.5) is 18.9 Å². The summed E-state index contributed by atoms with van der Waals surface area (Å²) in [5, 5.41) is 10.5. The largest absolute Gasteiger partial charge is 0.405 e. The van der Waals surface area contributed by atoms with Crippen LogP contribution in [0.3, 0.4) is 0 Å². The van der Waals surface area contributed by atoms with E-state index in [2.05, 4.69) is 0 Å². The number of carbonyl (C=O) groups excluding carboxylic acids is 1. The van der Waals surface area contributed by atoms with Crippen molar-refractivity contribution < 1.29 is 18.0 Å². The normalized spacial score (nSPS) is 10.6. The topological polar surface area (TPSA) is 56.1 Å². The Bertz CT molecular complexity index is 439. The van der Waals surface area contributed by atoms with Crippen LogP contribution in [0.2, 0.25) is 0 Å². The van der Waals surface area contributed by atoms with Crippen molar-refractivity contribution in [1.29, 1.82) is 5.26 Å². The predicted molar refractivity (Wildman–Crippen MR) is 58.5 cm³/mol. The summed E-state index contributed by atoms with van der Waals surface area (Å²) in [5.41, 5.74) is 0.446. The summed E-state index contributed by atoms with van der Waals surface area (Å²) >= 11 is 0. The number of alkyl halides is 3. The molecule has 1 N–H and O–H groups in total. The number of nitrogens with zero attached hydrogens (tertiary/aromatic N) is 2. The van der Waals surface area contributed by atoms with Crippen LogP contribution in [-0.2, 0) is 4.79 Å². The number of nitriles is 1. The third-order valence-corrected chi connectivity index (χ3v) is 1.98. The molecule has 0 atom stereocenters. The number of halogens is 3. The van der Waals surface area contributed by atoms with Gasteiger partial charge in [0.1, 0.15) is 13.1 Å². The van der Waals surface area contributed by atoms with Crippen molar-refractivity contribution in [2.75, 3.05) is 18.0 Å². The lowest BCUT2D eigenvalue weighted by Gasteiger charge is -2.15. The van der Waals surface area contributed by atoms with Crippen molar-refractivity contribution in [3.63, 3.8) is 0 Å². The molecule has 18 heavy (non-hydrogen) atoms. The summed E-state index contributed by atoms with van der Waals surface area (Å²) in [4.78, 5) is 12.2. The Morgan fingerprint density at radius 3 is 2.44 bits per heavy atom. The number of hydrogen-bond donors (Lipinski definition) is 1. The van der Waals surface area contributed by atoms with E-state index in [-0.39, 0.29) is 0 Å². The fourth-order valence-electron chi connectivity index (χ4n) is 1.19. The molecule has 0 aliphatic rings. The van der Waals surface area contributed by atoms with Crippen molar-refractivity contribution in [1.82, 2.24) is 5.32 Å². The Labute approximate surface area is 102 Å². The summed E-state index contributed by atoms with van der Waals surface area (Å²) in [6.45, 7) is -1.85. The lowest BCUT2D eigenvalue weighted by Crippen LogP contribution is -2.39. The number of nitrogens with one attached hydrogen (secondary N) is 1. The second kappa shape index (κ2) is 5.91. The molecule has 0 fully saturated rings. The number of rotatable bonds is 4. The van der Waals surface area contributed by atoms with Gasteiger partial charge in [-0.15, -0.1) is 0 Å². The van der Waals surface area contributed by atoms with Crippen LogP contribution in [0.5, 0.6) is 0 Å². The van der Waals surface area contributed by atoms with E-state index in [0.717, 1.165) is 4.90 Å². The molecule has 0 aromatic heterocycles. The lowest BCUT2D eigenvalue weighted by molar-refractivity contribution is -0.137. The minimum Gasteiger partial charge on any atom is -0.345 e. The maximum Gasteiger partial charge on any atom is 0.405 e. The van der Waals surface area contributed by atoms with E-state index in [1.54, 1.807) is 41.8 Å². The van der Waals surface area contributed by atoms with Gasteiger partial charge < -0.3 is 5.32 Å². The number of benzene rings is 1. The average molecular weight is 257 g/mol. The highest BCUT2D eigenvalue weighted by Crippen LogP contribution is 2.13. The maximum absolute atomic E-state index is 11.9. The Hall–Kier alpha value is -2.23. The lowest BCUT2D eigenvalue weighted by atomic mass is 10.3. The van der Waals surface area contributed by atoms with Gasteiger partial charge >= 0.3 is 6.18 Å². The van der Waals surface area contributed by atoms with Gasteiger partial charge in [0.25, 0.3) is 0 Å². The highest BCUT2D eigenvalue weighted by atomic mass is 19.4. The minimum absolute atomic E-state index is 0.446. The van der Waals surface area contributed by atoms with Gasteiger partial charge in [0, 0.05) is 0 Å². The van der Waals surface area contributed by atoms with Crippen molar-refractivity contribution in [3.8, 4) is 6.19 Å². The van der Waals surface area contributed by atoms with Gasteiger partial charge in [-0.3, -0.25) is 9.69 Å².